The lowest BCUT2D eigenvalue weighted by molar-refractivity contribution is 0.719. The summed E-state index contributed by atoms with van der Waals surface area (Å²) in [6.07, 6.45) is 0.891. The lowest BCUT2D eigenvalue weighted by Crippen LogP contribution is -2.13. The van der Waals surface area contributed by atoms with Crippen LogP contribution in [0, 0.1) is 13.8 Å². The smallest absolute Gasteiger partial charge is 0.0335 e. The Bertz CT molecular complexity index is 567. The molecule has 0 heterocycles. The van der Waals surface area contributed by atoms with Crippen molar-refractivity contribution in [2.75, 3.05) is 0 Å². The molecule has 0 amide bonds. The molecule has 0 aromatic heterocycles. The summed E-state index contributed by atoms with van der Waals surface area (Å²) in [4.78, 5) is 0. The van der Waals surface area contributed by atoms with Crippen molar-refractivity contribution in [1.82, 2.24) is 0 Å². The third-order valence-electron chi connectivity index (χ3n) is 4.06. The van der Waals surface area contributed by atoms with E-state index in [-0.39, 0.29) is 6.04 Å². The number of rotatable bonds is 4. The van der Waals surface area contributed by atoms with Crippen LogP contribution in [0.3, 0.4) is 0 Å². The van der Waals surface area contributed by atoms with Crippen LogP contribution < -0.4 is 5.73 Å². The summed E-state index contributed by atoms with van der Waals surface area (Å²) < 4.78 is 0. The fourth-order valence-corrected chi connectivity index (χ4v) is 2.43. The molecule has 2 rings (SSSR count). The molecule has 1 nitrogen and oxygen atoms in total. The average molecular weight is 267 g/mol. The van der Waals surface area contributed by atoms with Crippen LogP contribution in [0.1, 0.15) is 53.6 Å². The SMILES string of the molecule is Cc1ccc(CC(N)c2ccc(C(C)C)cc2)cc1C. The minimum Gasteiger partial charge on any atom is -0.324 e. The van der Waals surface area contributed by atoms with Gasteiger partial charge >= 0.3 is 0 Å². The second-order valence-corrected chi connectivity index (χ2v) is 6.05. The number of hydrogen-bond acceptors (Lipinski definition) is 1. The fraction of sp³-hybridized carbons (Fsp3) is 0.368. The van der Waals surface area contributed by atoms with Gasteiger partial charge in [-0.3, -0.25) is 0 Å². The fourth-order valence-electron chi connectivity index (χ4n) is 2.43. The first-order chi connectivity index (χ1) is 9.47. The van der Waals surface area contributed by atoms with E-state index >= 15 is 0 Å². The molecule has 2 N–H and O–H groups in total. The van der Waals surface area contributed by atoms with Crippen LogP contribution in [0.5, 0.6) is 0 Å². The van der Waals surface area contributed by atoms with Gasteiger partial charge in [0.05, 0.1) is 0 Å². The van der Waals surface area contributed by atoms with Crippen LogP contribution in [0.25, 0.3) is 0 Å². The maximum Gasteiger partial charge on any atom is 0.0335 e. The van der Waals surface area contributed by atoms with Gasteiger partial charge in [-0.1, -0.05) is 56.3 Å². The summed E-state index contributed by atoms with van der Waals surface area (Å²) in [5.41, 5.74) is 12.9. The molecule has 2 aromatic rings. The monoisotopic (exact) mass is 267 g/mol. The quantitative estimate of drug-likeness (QED) is 0.856. The minimum atomic E-state index is 0.0679. The van der Waals surface area contributed by atoms with E-state index < -0.39 is 0 Å². The highest BCUT2D eigenvalue weighted by molar-refractivity contribution is 5.32. The van der Waals surface area contributed by atoms with Crippen molar-refractivity contribution in [2.45, 2.75) is 46.1 Å². The highest BCUT2D eigenvalue weighted by Gasteiger charge is 2.08. The van der Waals surface area contributed by atoms with Gasteiger partial charge in [-0.2, -0.15) is 0 Å². The maximum atomic E-state index is 6.34. The van der Waals surface area contributed by atoms with Gasteiger partial charge in [-0.05, 0) is 54.0 Å². The second-order valence-electron chi connectivity index (χ2n) is 6.05. The van der Waals surface area contributed by atoms with Crippen LogP contribution in [-0.2, 0) is 6.42 Å². The molecule has 0 aliphatic carbocycles. The van der Waals surface area contributed by atoms with Crippen LogP contribution in [0.15, 0.2) is 42.5 Å². The molecule has 1 unspecified atom stereocenters. The molecule has 0 radical (unpaired) electrons. The molecule has 0 saturated carbocycles. The van der Waals surface area contributed by atoms with Gasteiger partial charge in [0.25, 0.3) is 0 Å². The van der Waals surface area contributed by atoms with Crippen molar-refractivity contribution >= 4 is 0 Å². The zero-order chi connectivity index (χ0) is 14.7. The summed E-state index contributed by atoms with van der Waals surface area (Å²) >= 11 is 0. The molecule has 1 atom stereocenters. The lowest BCUT2D eigenvalue weighted by atomic mass is 9.95. The van der Waals surface area contributed by atoms with Crippen LogP contribution in [-0.4, -0.2) is 0 Å². The van der Waals surface area contributed by atoms with Crippen molar-refractivity contribution in [3.63, 3.8) is 0 Å². The molecule has 0 spiro atoms. The Morgan fingerprint density at radius 1 is 0.850 bits per heavy atom. The Kier molecular flexibility index (Phi) is 4.61. The van der Waals surface area contributed by atoms with Crippen molar-refractivity contribution in [3.8, 4) is 0 Å². The van der Waals surface area contributed by atoms with Gasteiger partial charge in [0.15, 0.2) is 0 Å². The minimum absolute atomic E-state index is 0.0679. The first kappa shape index (κ1) is 14.8. The number of benzene rings is 2. The zero-order valence-corrected chi connectivity index (χ0v) is 13.0. The molecule has 0 fully saturated rings. The summed E-state index contributed by atoms with van der Waals surface area (Å²) in [5, 5.41) is 0. The Labute approximate surface area is 122 Å². The normalized spacial score (nSPS) is 12.7. The number of nitrogens with two attached hydrogens (primary N) is 1. The van der Waals surface area contributed by atoms with Gasteiger partial charge in [-0.15, -0.1) is 0 Å². The summed E-state index contributed by atoms with van der Waals surface area (Å²) in [5.74, 6) is 0.569. The predicted octanol–water partition coefficient (Wildman–Crippen LogP) is 4.67. The molecule has 0 bridgehead atoms. The molecular formula is C19H25N. The molecule has 0 aliphatic rings. The molecule has 20 heavy (non-hydrogen) atoms. The summed E-state index contributed by atoms with van der Waals surface area (Å²) in [6.45, 7) is 8.72. The topological polar surface area (TPSA) is 26.0 Å². The van der Waals surface area contributed by atoms with Crippen LogP contribution >= 0.6 is 0 Å². The average Bonchev–Trinajstić information content (AvgIpc) is 2.43. The van der Waals surface area contributed by atoms with Crippen molar-refractivity contribution < 1.29 is 0 Å². The van der Waals surface area contributed by atoms with E-state index in [0.29, 0.717) is 5.92 Å². The van der Waals surface area contributed by atoms with Crippen LogP contribution in [0.2, 0.25) is 0 Å². The van der Waals surface area contributed by atoms with Crippen molar-refractivity contribution in [3.05, 3.63) is 70.3 Å². The Morgan fingerprint density at radius 2 is 1.45 bits per heavy atom. The summed E-state index contributed by atoms with van der Waals surface area (Å²) in [6, 6.07) is 15.4. The highest BCUT2D eigenvalue weighted by atomic mass is 14.6. The second kappa shape index (κ2) is 6.23. The van der Waals surface area contributed by atoms with Gasteiger partial charge in [0.2, 0.25) is 0 Å². The van der Waals surface area contributed by atoms with E-state index in [0.717, 1.165) is 6.42 Å². The Morgan fingerprint density at radius 3 is 2.00 bits per heavy atom. The van der Waals surface area contributed by atoms with E-state index in [4.69, 9.17) is 5.73 Å². The number of aryl methyl sites for hydroxylation is 2. The number of hydrogen-bond donors (Lipinski definition) is 1. The first-order valence-corrected chi connectivity index (χ1v) is 7.39. The Balaban J connectivity index is 2.10. The standard InChI is InChI=1S/C19H25N/c1-13(2)17-7-9-18(10-8-17)19(20)12-16-6-5-14(3)15(4)11-16/h5-11,13,19H,12,20H2,1-4H3. The van der Waals surface area contributed by atoms with Crippen molar-refractivity contribution in [1.29, 1.82) is 0 Å². The third kappa shape index (κ3) is 3.49. The van der Waals surface area contributed by atoms with Gasteiger partial charge < -0.3 is 5.73 Å². The molecule has 0 saturated heterocycles. The molecular weight excluding hydrogens is 242 g/mol. The first-order valence-electron chi connectivity index (χ1n) is 7.39. The maximum absolute atomic E-state index is 6.34. The van der Waals surface area contributed by atoms with Gasteiger partial charge in [-0.25, -0.2) is 0 Å². The van der Waals surface area contributed by atoms with Gasteiger partial charge in [0, 0.05) is 6.04 Å². The molecule has 106 valence electrons. The summed E-state index contributed by atoms with van der Waals surface area (Å²) in [7, 11) is 0. The Hall–Kier alpha value is -1.60. The molecule has 2 aromatic carbocycles. The molecule has 0 aliphatic heterocycles. The third-order valence-corrected chi connectivity index (χ3v) is 4.06. The van der Waals surface area contributed by atoms with Crippen molar-refractivity contribution in [2.24, 2.45) is 5.73 Å². The van der Waals surface area contributed by atoms with E-state index in [1.807, 2.05) is 0 Å². The zero-order valence-electron chi connectivity index (χ0n) is 13.0. The van der Waals surface area contributed by atoms with E-state index in [9.17, 15) is 0 Å². The largest absolute Gasteiger partial charge is 0.324 e. The predicted molar refractivity (Wildman–Crippen MR) is 87.1 cm³/mol. The van der Waals surface area contributed by atoms with Crippen LogP contribution in [0.4, 0.5) is 0 Å². The highest BCUT2D eigenvalue weighted by Crippen LogP contribution is 2.21. The molecule has 1 heteroatoms. The van der Waals surface area contributed by atoms with Gasteiger partial charge in [0.1, 0.15) is 0 Å². The van der Waals surface area contributed by atoms with E-state index in [2.05, 4.69) is 70.2 Å². The lowest BCUT2D eigenvalue weighted by Gasteiger charge is -2.14. The van der Waals surface area contributed by atoms with E-state index in [1.165, 1.54) is 27.8 Å². The van der Waals surface area contributed by atoms with E-state index in [1.54, 1.807) is 0 Å².